The Morgan fingerprint density at radius 2 is 1.25 bits per heavy atom. The number of hydrogen-bond donors (Lipinski definition) is 0. The molecule has 10 rings (SSSR count). The molecule has 0 fully saturated rings. The van der Waals surface area contributed by atoms with Gasteiger partial charge in [0.2, 0.25) is 0 Å². The Morgan fingerprint density at radius 1 is 0.500 bits per heavy atom. The molecule has 0 N–H and O–H groups in total. The Hall–Kier alpha value is -5.22. The Morgan fingerprint density at radius 3 is 2.23 bits per heavy atom. The highest BCUT2D eigenvalue weighted by molar-refractivity contribution is 6.82. The predicted octanol–water partition coefficient (Wildman–Crippen LogP) is 8.74. The van der Waals surface area contributed by atoms with Gasteiger partial charge in [0.25, 0.3) is 0 Å². The van der Waals surface area contributed by atoms with Crippen molar-refractivity contribution in [3.63, 3.8) is 0 Å². The topological polar surface area (TPSA) is 21.3 Å². The van der Waals surface area contributed by atoms with Gasteiger partial charge in [0.15, 0.2) is 0 Å². The minimum absolute atomic E-state index is 0.0861. The summed E-state index contributed by atoms with van der Waals surface area (Å²) in [6, 6.07) is 46.3. The number of nitrogens with zero attached hydrogens (tertiary/aromatic N) is 2. The average Bonchev–Trinajstić information content (AvgIpc) is 3.68. The maximum absolute atomic E-state index is 6.10. The number of benzene rings is 6. The number of anilines is 2. The van der Waals surface area contributed by atoms with Crippen LogP contribution in [0, 0.1) is 0 Å². The molecule has 0 atom stereocenters. The second-order valence-electron chi connectivity index (χ2n) is 10.9. The van der Waals surface area contributed by atoms with Gasteiger partial charge in [0.1, 0.15) is 11.2 Å². The zero-order valence-corrected chi connectivity index (χ0v) is 21.5. The predicted molar refractivity (Wildman–Crippen MR) is 167 cm³/mol. The fourth-order valence-electron chi connectivity index (χ4n) is 7.28. The molecule has 8 aromatic rings. The van der Waals surface area contributed by atoms with Crippen LogP contribution in [0.5, 0.6) is 0 Å². The molecule has 0 unspecified atom stereocenters. The first-order valence-electron chi connectivity index (χ1n) is 13.8. The van der Waals surface area contributed by atoms with E-state index in [-0.39, 0.29) is 6.98 Å². The first-order valence-corrected chi connectivity index (χ1v) is 13.8. The number of hydrogen-bond acceptors (Lipinski definition) is 2. The van der Waals surface area contributed by atoms with E-state index in [1.807, 2.05) is 12.1 Å². The zero-order valence-electron chi connectivity index (χ0n) is 21.5. The van der Waals surface area contributed by atoms with E-state index in [2.05, 4.69) is 125 Å². The first-order chi connectivity index (χ1) is 19.8. The van der Waals surface area contributed by atoms with Crippen molar-refractivity contribution in [2.24, 2.45) is 0 Å². The summed E-state index contributed by atoms with van der Waals surface area (Å²) < 4.78 is 8.65. The van der Waals surface area contributed by atoms with Gasteiger partial charge in [-0.05, 0) is 64.6 Å². The van der Waals surface area contributed by atoms with Crippen LogP contribution in [0.3, 0.4) is 0 Å². The Balaban J connectivity index is 1.23. The van der Waals surface area contributed by atoms with Crippen molar-refractivity contribution in [3.05, 3.63) is 127 Å². The normalized spacial score (nSPS) is 13.4. The van der Waals surface area contributed by atoms with Gasteiger partial charge in [-0.15, -0.1) is 0 Å². The Kier molecular flexibility index (Phi) is 3.75. The Bertz CT molecular complexity index is 2360. The van der Waals surface area contributed by atoms with Crippen molar-refractivity contribution in [1.82, 2.24) is 4.48 Å². The lowest BCUT2D eigenvalue weighted by molar-refractivity contribution is 0.669. The van der Waals surface area contributed by atoms with Crippen molar-refractivity contribution in [3.8, 4) is 22.3 Å². The smallest absolute Gasteiger partial charge is 0.421 e. The molecule has 0 aliphatic carbocycles. The Labute approximate surface area is 230 Å². The van der Waals surface area contributed by atoms with Crippen LogP contribution >= 0.6 is 0 Å². The molecule has 6 aromatic carbocycles. The minimum atomic E-state index is 0.0861. The highest BCUT2D eigenvalue weighted by Crippen LogP contribution is 2.49. The van der Waals surface area contributed by atoms with Gasteiger partial charge in [-0.3, -0.25) is 0 Å². The minimum Gasteiger partial charge on any atom is -0.456 e. The molecule has 2 aliphatic heterocycles. The molecule has 3 nitrogen and oxygen atoms in total. The average molecular weight is 508 g/mol. The summed E-state index contributed by atoms with van der Waals surface area (Å²) in [6.45, 7) is 0.0861. The van der Waals surface area contributed by atoms with Gasteiger partial charge in [-0.25, -0.2) is 0 Å². The molecule has 0 radical (unpaired) electrons. The standard InChI is InChI=1S/C36H21BN2O/c1-4-12-30-24(8-1)28-20-22(23-17-19-35-29(21-23)26-10-3-6-15-34(26)40-35)16-18-32(28)38-33-14-7-11-27-25-9-2-5-13-31(25)39(36(27)33)37(30)38/h1-21H. The van der Waals surface area contributed by atoms with Crippen molar-refractivity contribution in [2.45, 2.75) is 0 Å². The maximum atomic E-state index is 6.10. The fraction of sp³-hybridized carbons (Fsp3) is 0. The molecule has 184 valence electrons. The summed E-state index contributed by atoms with van der Waals surface area (Å²) in [4.78, 5) is 2.54. The van der Waals surface area contributed by atoms with Crippen LogP contribution in [0.1, 0.15) is 0 Å². The molecule has 0 spiro atoms. The molecular weight excluding hydrogens is 487 g/mol. The first kappa shape index (κ1) is 20.7. The van der Waals surface area contributed by atoms with Crippen molar-refractivity contribution in [1.29, 1.82) is 0 Å². The van der Waals surface area contributed by atoms with Crippen LogP contribution in [-0.4, -0.2) is 11.5 Å². The number of para-hydroxylation sites is 3. The summed E-state index contributed by atoms with van der Waals surface area (Å²) in [5.41, 5.74) is 13.3. The largest absolute Gasteiger partial charge is 0.456 e. The highest BCUT2D eigenvalue weighted by Gasteiger charge is 2.44. The van der Waals surface area contributed by atoms with Gasteiger partial charge in [0.05, 0.1) is 11.2 Å². The molecule has 0 bridgehead atoms. The molecule has 0 amide bonds. The fourth-order valence-corrected chi connectivity index (χ4v) is 7.28. The molecule has 0 saturated heterocycles. The zero-order chi connectivity index (χ0) is 25.9. The lowest BCUT2D eigenvalue weighted by Crippen LogP contribution is -2.51. The monoisotopic (exact) mass is 508 g/mol. The van der Waals surface area contributed by atoms with E-state index in [4.69, 9.17) is 4.42 Å². The third-order valence-electron chi connectivity index (χ3n) is 8.95. The number of aromatic nitrogens is 1. The van der Waals surface area contributed by atoms with E-state index < -0.39 is 0 Å². The number of fused-ring (bicyclic) bond motifs is 14. The second-order valence-corrected chi connectivity index (χ2v) is 10.9. The van der Waals surface area contributed by atoms with Crippen molar-refractivity contribution >= 4 is 67.6 Å². The van der Waals surface area contributed by atoms with Gasteiger partial charge >= 0.3 is 6.98 Å². The highest BCUT2D eigenvalue weighted by atomic mass is 16.3. The van der Waals surface area contributed by atoms with Crippen molar-refractivity contribution < 1.29 is 4.42 Å². The molecule has 2 aliphatic rings. The molecule has 0 saturated carbocycles. The SMILES string of the molecule is c1ccc2c(c1)B1N(c3ccc(-c4ccc5oc6ccccc6c5c4)cc3-2)c2cccc3c4ccccc4n1c23. The van der Waals surface area contributed by atoms with Crippen LogP contribution in [0.4, 0.5) is 11.4 Å². The molecule has 4 heteroatoms. The maximum Gasteiger partial charge on any atom is 0.421 e. The van der Waals surface area contributed by atoms with E-state index in [0.717, 1.165) is 21.9 Å². The van der Waals surface area contributed by atoms with Crippen LogP contribution in [0.25, 0.3) is 66.0 Å². The van der Waals surface area contributed by atoms with E-state index in [9.17, 15) is 0 Å². The quantitative estimate of drug-likeness (QED) is 0.207. The third-order valence-corrected chi connectivity index (χ3v) is 8.95. The molecular formula is C36H21BN2O. The number of rotatable bonds is 1. The van der Waals surface area contributed by atoms with E-state index in [1.165, 1.54) is 60.9 Å². The lowest BCUT2D eigenvalue weighted by atomic mass is 9.60. The van der Waals surface area contributed by atoms with Gasteiger partial charge in [0, 0.05) is 38.3 Å². The number of furan rings is 1. The summed E-state index contributed by atoms with van der Waals surface area (Å²) in [5, 5.41) is 4.95. The van der Waals surface area contributed by atoms with Gasteiger partial charge in [-0.2, -0.15) is 0 Å². The summed E-state index contributed by atoms with van der Waals surface area (Å²) >= 11 is 0. The van der Waals surface area contributed by atoms with E-state index in [1.54, 1.807) is 0 Å². The van der Waals surface area contributed by atoms with Gasteiger partial charge < -0.3 is 13.7 Å². The van der Waals surface area contributed by atoms with Crippen LogP contribution in [0.15, 0.2) is 132 Å². The second kappa shape index (κ2) is 7.25. The van der Waals surface area contributed by atoms with Gasteiger partial charge in [-0.1, -0.05) is 84.9 Å². The summed E-state index contributed by atoms with van der Waals surface area (Å²) in [5.74, 6) is 0. The van der Waals surface area contributed by atoms with Crippen LogP contribution < -0.4 is 10.3 Å². The molecule has 2 aromatic heterocycles. The third kappa shape index (κ3) is 2.47. The van der Waals surface area contributed by atoms with Crippen LogP contribution in [-0.2, 0) is 0 Å². The summed E-state index contributed by atoms with van der Waals surface area (Å²) in [7, 11) is 0. The van der Waals surface area contributed by atoms with Crippen molar-refractivity contribution in [2.75, 3.05) is 4.81 Å². The lowest BCUT2D eigenvalue weighted by Gasteiger charge is -2.35. The molecule has 4 heterocycles. The van der Waals surface area contributed by atoms with E-state index >= 15 is 0 Å². The summed E-state index contributed by atoms with van der Waals surface area (Å²) in [6.07, 6.45) is 0. The van der Waals surface area contributed by atoms with E-state index in [0.29, 0.717) is 0 Å². The molecule has 40 heavy (non-hydrogen) atoms. The van der Waals surface area contributed by atoms with Crippen LogP contribution in [0.2, 0.25) is 0 Å².